The fourth-order valence-corrected chi connectivity index (χ4v) is 3.84. The van der Waals surface area contributed by atoms with Gasteiger partial charge in [0, 0.05) is 18.7 Å². The summed E-state index contributed by atoms with van der Waals surface area (Å²) < 4.78 is 42.7. The lowest BCUT2D eigenvalue weighted by Gasteiger charge is -2.28. The van der Waals surface area contributed by atoms with Gasteiger partial charge in [-0.15, -0.1) is 0 Å². The fraction of sp³-hybridized carbons (Fsp3) is 0.538. The third-order valence-corrected chi connectivity index (χ3v) is 5.66. The van der Waals surface area contributed by atoms with E-state index in [9.17, 15) is 12.8 Å². The van der Waals surface area contributed by atoms with Crippen molar-refractivity contribution in [1.29, 1.82) is 0 Å². The van der Waals surface area contributed by atoms with E-state index < -0.39 is 9.84 Å². The highest BCUT2D eigenvalue weighted by molar-refractivity contribution is 9.10. The van der Waals surface area contributed by atoms with Crippen molar-refractivity contribution in [3.8, 4) is 5.75 Å². The van der Waals surface area contributed by atoms with Gasteiger partial charge in [0.15, 0.2) is 0 Å². The molecule has 0 amide bonds. The number of rotatable bonds is 3. The smallest absolute Gasteiger partial charge is 0.150 e. The summed E-state index contributed by atoms with van der Waals surface area (Å²) in [4.78, 5) is 0. The Labute approximate surface area is 121 Å². The minimum Gasteiger partial charge on any atom is -0.489 e. The molecule has 1 fully saturated rings. The largest absolute Gasteiger partial charge is 0.489 e. The first-order valence-corrected chi connectivity index (χ1v) is 8.91. The zero-order chi connectivity index (χ0) is 14.0. The molecule has 0 N–H and O–H groups in total. The highest BCUT2D eigenvalue weighted by atomic mass is 79.9. The van der Waals surface area contributed by atoms with Crippen LogP contribution in [0.25, 0.3) is 0 Å². The molecule has 0 saturated heterocycles. The topological polar surface area (TPSA) is 43.4 Å². The third-order valence-electron chi connectivity index (χ3n) is 3.37. The average Bonchev–Trinajstić information content (AvgIpc) is 2.33. The first-order chi connectivity index (χ1) is 8.86. The van der Waals surface area contributed by atoms with E-state index in [0.29, 0.717) is 23.1 Å². The second-order valence-corrected chi connectivity index (χ2v) is 8.11. The fourth-order valence-electron chi connectivity index (χ4n) is 2.35. The van der Waals surface area contributed by atoms with Crippen LogP contribution in [0, 0.1) is 5.82 Å². The Balaban J connectivity index is 2.09. The summed E-state index contributed by atoms with van der Waals surface area (Å²) in [6.07, 6.45) is 3.86. The van der Waals surface area contributed by atoms with Crippen LogP contribution in [0.4, 0.5) is 4.39 Å². The van der Waals surface area contributed by atoms with Crippen LogP contribution in [-0.2, 0) is 9.84 Å². The molecular weight excluding hydrogens is 335 g/mol. The molecule has 1 aliphatic carbocycles. The van der Waals surface area contributed by atoms with E-state index in [0.717, 1.165) is 12.8 Å². The van der Waals surface area contributed by atoms with Crippen molar-refractivity contribution in [3.05, 3.63) is 28.5 Å². The number of hydrogen-bond donors (Lipinski definition) is 0. The summed E-state index contributed by atoms with van der Waals surface area (Å²) in [5.41, 5.74) is 0. The predicted molar refractivity (Wildman–Crippen MR) is 75.6 cm³/mol. The molecule has 19 heavy (non-hydrogen) atoms. The maximum Gasteiger partial charge on any atom is 0.150 e. The van der Waals surface area contributed by atoms with Crippen LogP contribution in [-0.4, -0.2) is 26.0 Å². The molecule has 106 valence electrons. The molecule has 0 radical (unpaired) electrons. The molecule has 0 bridgehead atoms. The second-order valence-electron chi connectivity index (χ2n) is 4.93. The van der Waals surface area contributed by atoms with Gasteiger partial charge in [0.1, 0.15) is 27.5 Å². The second kappa shape index (κ2) is 5.79. The first-order valence-electron chi connectivity index (χ1n) is 6.17. The van der Waals surface area contributed by atoms with Gasteiger partial charge in [0.25, 0.3) is 0 Å². The Hall–Kier alpha value is -0.620. The standard InChI is InChI=1S/C13H16BrFO3S/c1-19(16,17)11-4-2-3-10(8-11)18-13-7-9(15)5-6-12(13)14/h5-7,10-11H,2-4,8H2,1H3. The summed E-state index contributed by atoms with van der Waals surface area (Å²) in [6, 6.07) is 4.24. The molecule has 2 rings (SSSR count). The number of hydrogen-bond acceptors (Lipinski definition) is 3. The molecular formula is C13H16BrFO3S. The molecule has 1 aromatic rings. The monoisotopic (exact) mass is 350 g/mol. The molecule has 1 aromatic carbocycles. The maximum atomic E-state index is 13.2. The zero-order valence-electron chi connectivity index (χ0n) is 10.6. The minimum absolute atomic E-state index is 0.174. The van der Waals surface area contributed by atoms with Crippen molar-refractivity contribution >= 4 is 25.8 Å². The van der Waals surface area contributed by atoms with Gasteiger partial charge in [-0.25, -0.2) is 12.8 Å². The molecule has 0 heterocycles. The molecule has 1 saturated carbocycles. The van der Waals surface area contributed by atoms with Gasteiger partial charge in [-0.1, -0.05) is 0 Å². The Morgan fingerprint density at radius 3 is 2.79 bits per heavy atom. The Kier molecular flexibility index (Phi) is 4.50. The summed E-state index contributed by atoms with van der Waals surface area (Å²) in [5.74, 6) is 0.0628. The lowest BCUT2D eigenvalue weighted by atomic mass is 9.97. The first kappa shape index (κ1) is 14.8. The quantitative estimate of drug-likeness (QED) is 0.839. The predicted octanol–water partition coefficient (Wildman–Crippen LogP) is 3.32. The Bertz CT molecular complexity index is 559. The van der Waals surface area contributed by atoms with E-state index in [1.165, 1.54) is 18.4 Å². The van der Waals surface area contributed by atoms with Crippen LogP contribution in [0.2, 0.25) is 0 Å². The number of sulfone groups is 1. The SMILES string of the molecule is CS(=O)(=O)C1CCCC(Oc2cc(F)ccc2Br)C1. The van der Waals surface area contributed by atoms with Gasteiger partial charge in [-0.05, 0) is 47.3 Å². The van der Waals surface area contributed by atoms with Crippen molar-refractivity contribution < 1.29 is 17.5 Å². The van der Waals surface area contributed by atoms with E-state index in [-0.39, 0.29) is 17.2 Å². The van der Waals surface area contributed by atoms with E-state index in [1.807, 2.05) is 0 Å². The van der Waals surface area contributed by atoms with Gasteiger partial charge in [-0.3, -0.25) is 0 Å². The molecule has 3 nitrogen and oxygen atoms in total. The number of halogens is 2. The van der Waals surface area contributed by atoms with Crippen LogP contribution in [0.15, 0.2) is 22.7 Å². The number of benzene rings is 1. The van der Waals surface area contributed by atoms with Crippen molar-refractivity contribution in [3.63, 3.8) is 0 Å². The zero-order valence-corrected chi connectivity index (χ0v) is 13.0. The Morgan fingerprint density at radius 2 is 2.11 bits per heavy atom. The maximum absolute atomic E-state index is 13.2. The lowest BCUT2D eigenvalue weighted by molar-refractivity contribution is 0.154. The van der Waals surface area contributed by atoms with Crippen molar-refractivity contribution in [2.75, 3.05) is 6.26 Å². The molecule has 2 unspecified atom stereocenters. The summed E-state index contributed by atoms with van der Waals surface area (Å²) in [5, 5.41) is -0.349. The summed E-state index contributed by atoms with van der Waals surface area (Å²) >= 11 is 3.30. The highest BCUT2D eigenvalue weighted by Crippen LogP contribution is 2.31. The van der Waals surface area contributed by atoms with Gasteiger partial charge in [-0.2, -0.15) is 0 Å². The molecule has 2 atom stereocenters. The Morgan fingerprint density at radius 1 is 1.37 bits per heavy atom. The third kappa shape index (κ3) is 3.92. The molecule has 6 heteroatoms. The van der Waals surface area contributed by atoms with Gasteiger partial charge in [0.05, 0.1) is 9.72 Å². The van der Waals surface area contributed by atoms with Crippen LogP contribution in [0.3, 0.4) is 0 Å². The molecule has 1 aliphatic rings. The molecule has 0 spiro atoms. The number of ether oxygens (including phenoxy) is 1. The van der Waals surface area contributed by atoms with E-state index in [2.05, 4.69) is 15.9 Å². The van der Waals surface area contributed by atoms with Crippen molar-refractivity contribution in [2.24, 2.45) is 0 Å². The van der Waals surface area contributed by atoms with Crippen LogP contribution >= 0.6 is 15.9 Å². The summed E-state index contributed by atoms with van der Waals surface area (Å²) in [7, 11) is -3.04. The summed E-state index contributed by atoms with van der Waals surface area (Å²) in [6.45, 7) is 0. The molecule has 0 aromatic heterocycles. The average molecular weight is 351 g/mol. The van der Waals surface area contributed by atoms with E-state index >= 15 is 0 Å². The minimum atomic E-state index is -3.04. The normalized spacial score (nSPS) is 24.2. The van der Waals surface area contributed by atoms with Crippen LogP contribution in [0.1, 0.15) is 25.7 Å². The van der Waals surface area contributed by atoms with Gasteiger partial charge < -0.3 is 4.74 Å². The highest BCUT2D eigenvalue weighted by Gasteiger charge is 2.30. The lowest BCUT2D eigenvalue weighted by Crippen LogP contribution is -2.33. The van der Waals surface area contributed by atoms with Crippen LogP contribution < -0.4 is 4.74 Å². The van der Waals surface area contributed by atoms with Crippen molar-refractivity contribution in [2.45, 2.75) is 37.0 Å². The molecule has 0 aliphatic heterocycles. The van der Waals surface area contributed by atoms with Gasteiger partial charge >= 0.3 is 0 Å². The van der Waals surface area contributed by atoms with Crippen LogP contribution in [0.5, 0.6) is 5.75 Å². The van der Waals surface area contributed by atoms with Gasteiger partial charge in [0.2, 0.25) is 0 Å². The van der Waals surface area contributed by atoms with Crippen molar-refractivity contribution in [1.82, 2.24) is 0 Å². The van der Waals surface area contributed by atoms with E-state index in [1.54, 1.807) is 6.07 Å². The van der Waals surface area contributed by atoms with E-state index in [4.69, 9.17) is 4.74 Å².